The van der Waals surface area contributed by atoms with Crippen molar-refractivity contribution in [3.63, 3.8) is 0 Å². The third kappa shape index (κ3) is 2.10. The van der Waals surface area contributed by atoms with Gasteiger partial charge in [-0.2, -0.15) is 0 Å². The van der Waals surface area contributed by atoms with Gasteiger partial charge in [0.25, 0.3) is 0 Å². The Morgan fingerprint density at radius 2 is 2.46 bits per heavy atom. The Labute approximate surface area is 82.7 Å². The Hall–Kier alpha value is -0.830. The highest BCUT2D eigenvalue weighted by Crippen LogP contribution is 2.13. The summed E-state index contributed by atoms with van der Waals surface area (Å²) in [5.41, 5.74) is 0. The number of nitrogens with zero attached hydrogens (tertiary/aromatic N) is 1. The molecule has 1 fully saturated rings. The lowest BCUT2D eigenvalue weighted by Gasteiger charge is -2.16. The first-order valence-corrected chi connectivity index (χ1v) is 5.59. The summed E-state index contributed by atoms with van der Waals surface area (Å²) in [4.78, 5) is 3.62. The fourth-order valence-corrected chi connectivity index (χ4v) is 2.38. The molecular formula is C10H14N2S. The van der Waals surface area contributed by atoms with E-state index in [9.17, 15) is 0 Å². The molecule has 1 aromatic heterocycles. The fourth-order valence-electron chi connectivity index (χ4n) is 1.68. The van der Waals surface area contributed by atoms with Crippen LogP contribution in [0.4, 0.5) is 0 Å². The zero-order chi connectivity index (χ0) is 9.10. The van der Waals surface area contributed by atoms with E-state index in [1.54, 1.807) is 0 Å². The molecule has 1 aliphatic heterocycles. The van der Waals surface area contributed by atoms with Crippen LogP contribution in [0.5, 0.6) is 0 Å². The first-order valence-electron chi connectivity index (χ1n) is 4.71. The SMILES string of the molecule is N=C1CCCN1CCc1cccs1. The van der Waals surface area contributed by atoms with Crippen LogP contribution in [0.3, 0.4) is 0 Å². The molecule has 0 aromatic carbocycles. The molecule has 13 heavy (non-hydrogen) atoms. The molecule has 70 valence electrons. The molecule has 0 radical (unpaired) electrons. The summed E-state index contributed by atoms with van der Waals surface area (Å²) in [5, 5.41) is 9.78. The smallest absolute Gasteiger partial charge is 0.0958 e. The summed E-state index contributed by atoms with van der Waals surface area (Å²) in [6.07, 6.45) is 3.24. The first kappa shape index (κ1) is 8.75. The fraction of sp³-hybridized carbons (Fsp3) is 0.500. The van der Waals surface area contributed by atoms with Gasteiger partial charge in [-0.15, -0.1) is 11.3 Å². The Morgan fingerprint density at radius 1 is 1.54 bits per heavy atom. The van der Waals surface area contributed by atoms with Crippen molar-refractivity contribution < 1.29 is 0 Å². The second kappa shape index (κ2) is 3.92. The molecule has 2 nitrogen and oxygen atoms in total. The van der Waals surface area contributed by atoms with Crippen molar-refractivity contribution in [3.05, 3.63) is 22.4 Å². The minimum atomic E-state index is 0.830. The van der Waals surface area contributed by atoms with Gasteiger partial charge < -0.3 is 4.90 Å². The van der Waals surface area contributed by atoms with Gasteiger partial charge in [0.05, 0.1) is 5.84 Å². The molecule has 3 heteroatoms. The van der Waals surface area contributed by atoms with Crippen LogP contribution in [0.25, 0.3) is 0 Å². The highest BCUT2D eigenvalue weighted by atomic mass is 32.1. The van der Waals surface area contributed by atoms with Crippen molar-refractivity contribution in [2.24, 2.45) is 0 Å². The summed E-state index contributed by atoms with van der Waals surface area (Å²) in [6.45, 7) is 2.11. The standard InChI is InChI=1S/C10H14N2S/c11-10-4-1-6-12(10)7-5-9-3-2-8-13-9/h2-3,8,11H,1,4-7H2. The number of hydrogen-bond acceptors (Lipinski definition) is 2. The summed E-state index contributed by atoms with van der Waals surface area (Å²) in [7, 11) is 0. The molecule has 2 heterocycles. The van der Waals surface area contributed by atoms with Gasteiger partial charge in [0, 0.05) is 24.4 Å². The molecule has 1 aliphatic rings. The van der Waals surface area contributed by atoms with Gasteiger partial charge in [0.1, 0.15) is 0 Å². The maximum absolute atomic E-state index is 7.66. The molecule has 0 atom stereocenters. The van der Waals surface area contributed by atoms with Gasteiger partial charge in [0.15, 0.2) is 0 Å². The predicted octanol–water partition coefficient (Wildman–Crippen LogP) is 2.36. The predicted molar refractivity (Wildman–Crippen MR) is 56.6 cm³/mol. The number of hydrogen-bond donors (Lipinski definition) is 1. The van der Waals surface area contributed by atoms with E-state index in [0.29, 0.717) is 0 Å². The van der Waals surface area contributed by atoms with Crippen molar-refractivity contribution >= 4 is 17.2 Å². The molecule has 2 rings (SSSR count). The van der Waals surface area contributed by atoms with Crippen LogP contribution in [0.15, 0.2) is 17.5 Å². The lowest BCUT2D eigenvalue weighted by atomic mass is 10.3. The van der Waals surface area contributed by atoms with Crippen molar-refractivity contribution in [2.75, 3.05) is 13.1 Å². The van der Waals surface area contributed by atoms with E-state index in [4.69, 9.17) is 5.41 Å². The van der Waals surface area contributed by atoms with Crippen LogP contribution < -0.4 is 0 Å². The monoisotopic (exact) mass is 194 g/mol. The highest BCUT2D eigenvalue weighted by molar-refractivity contribution is 7.09. The van der Waals surface area contributed by atoms with Crippen LogP contribution in [-0.2, 0) is 6.42 Å². The Kier molecular flexibility index (Phi) is 2.64. The third-order valence-electron chi connectivity index (χ3n) is 2.43. The summed E-state index contributed by atoms with van der Waals surface area (Å²) in [5.74, 6) is 0.830. The summed E-state index contributed by atoms with van der Waals surface area (Å²) in [6, 6.07) is 4.26. The van der Waals surface area contributed by atoms with Crippen molar-refractivity contribution in [2.45, 2.75) is 19.3 Å². The maximum atomic E-state index is 7.66. The largest absolute Gasteiger partial charge is 0.360 e. The van der Waals surface area contributed by atoms with E-state index < -0.39 is 0 Å². The van der Waals surface area contributed by atoms with Gasteiger partial charge in [-0.3, -0.25) is 5.41 Å². The van der Waals surface area contributed by atoms with Crippen molar-refractivity contribution in [1.82, 2.24) is 4.90 Å². The molecule has 0 aliphatic carbocycles. The second-order valence-electron chi connectivity index (χ2n) is 3.37. The second-order valence-corrected chi connectivity index (χ2v) is 4.40. The topological polar surface area (TPSA) is 27.1 Å². The number of likely N-dealkylation sites (tertiary alicyclic amines) is 1. The van der Waals surface area contributed by atoms with Crippen molar-refractivity contribution in [1.29, 1.82) is 5.41 Å². The van der Waals surface area contributed by atoms with E-state index in [2.05, 4.69) is 22.4 Å². The van der Waals surface area contributed by atoms with E-state index >= 15 is 0 Å². The molecular weight excluding hydrogens is 180 g/mol. The van der Waals surface area contributed by atoms with E-state index in [1.807, 2.05) is 11.3 Å². The van der Waals surface area contributed by atoms with Crippen LogP contribution in [0, 0.1) is 5.41 Å². The number of thiophene rings is 1. The van der Waals surface area contributed by atoms with Crippen LogP contribution in [0.2, 0.25) is 0 Å². The first-order chi connectivity index (χ1) is 6.36. The zero-order valence-corrected chi connectivity index (χ0v) is 8.44. The molecule has 0 amide bonds. The van der Waals surface area contributed by atoms with Crippen LogP contribution >= 0.6 is 11.3 Å². The average molecular weight is 194 g/mol. The van der Waals surface area contributed by atoms with Gasteiger partial charge in [-0.1, -0.05) is 6.07 Å². The Balaban J connectivity index is 1.82. The number of rotatable bonds is 3. The Morgan fingerprint density at radius 3 is 3.08 bits per heavy atom. The van der Waals surface area contributed by atoms with Crippen LogP contribution in [-0.4, -0.2) is 23.8 Å². The van der Waals surface area contributed by atoms with E-state index in [-0.39, 0.29) is 0 Å². The molecule has 1 aromatic rings. The highest BCUT2D eigenvalue weighted by Gasteiger charge is 2.15. The lowest BCUT2D eigenvalue weighted by molar-refractivity contribution is 0.457. The minimum absolute atomic E-state index is 0.830. The summed E-state index contributed by atoms with van der Waals surface area (Å²) >= 11 is 1.81. The summed E-state index contributed by atoms with van der Waals surface area (Å²) < 4.78 is 0. The third-order valence-corrected chi connectivity index (χ3v) is 3.37. The normalized spacial score (nSPS) is 16.9. The molecule has 0 saturated carbocycles. The molecule has 0 bridgehead atoms. The van der Waals surface area contributed by atoms with Crippen molar-refractivity contribution in [3.8, 4) is 0 Å². The molecule has 1 N–H and O–H groups in total. The lowest BCUT2D eigenvalue weighted by Crippen LogP contribution is -2.26. The number of amidine groups is 1. The minimum Gasteiger partial charge on any atom is -0.360 e. The van der Waals surface area contributed by atoms with Gasteiger partial charge in [0.2, 0.25) is 0 Å². The quantitative estimate of drug-likeness (QED) is 0.785. The zero-order valence-electron chi connectivity index (χ0n) is 7.62. The maximum Gasteiger partial charge on any atom is 0.0958 e. The van der Waals surface area contributed by atoms with Gasteiger partial charge >= 0.3 is 0 Å². The average Bonchev–Trinajstić information content (AvgIpc) is 2.72. The molecule has 0 unspecified atom stereocenters. The van der Waals surface area contributed by atoms with Crippen LogP contribution in [0.1, 0.15) is 17.7 Å². The van der Waals surface area contributed by atoms with E-state index in [1.165, 1.54) is 11.3 Å². The number of nitrogens with one attached hydrogen (secondary N) is 1. The Bertz CT molecular complexity index is 279. The van der Waals surface area contributed by atoms with Gasteiger partial charge in [-0.25, -0.2) is 0 Å². The molecule has 1 saturated heterocycles. The van der Waals surface area contributed by atoms with Gasteiger partial charge in [-0.05, 0) is 24.3 Å². The molecule has 0 spiro atoms. The van der Waals surface area contributed by atoms with E-state index in [0.717, 1.165) is 31.8 Å².